The Bertz CT molecular complexity index is 325. The highest BCUT2D eigenvalue weighted by molar-refractivity contribution is 5.71. The molecule has 0 fully saturated rings. The Balaban J connectivity index is 2.36. The molecular weight excluding hydrogens is 204 g/mol. The zero-order valence-electron chi connectivity index (χ0n) is 10.0. The molecule has 1 aromatic heterocycles. The van der Waals surface area contributed by atoms with E-state index in [1.807, 2.05) is 37.9 Å². The van der Waals surface area contributed by atoms with Gasteiger partial charge in [-0.2, -0.15) is 0 Å². The van der Waals surface area contributed by atoms with Crippen LogP contribution in [0.25, 0.3) is 0 Å². The predicted molar refractivity (Wildman–Crippen MR) is 61.8 cm³/mol. The van der Waals surface area contributed by atoms with E-state index in [2.05, 4.69) is 4.98 Å². The Morgan fingerprint density at radius 3 is 2.88 bits per heavy atom. The number of rotatable bonds is 5. The molecule has 0 unspecified atom stereocenters. The molecule has 0 spiro atoms. The molecule has 4 nitrogen and oxygen atoms in total. The first kappa shape index (κ1) is 12.6. The van der Waals surface area contributed by atoms with Crippen molar-refractivity contribution < 1.29 is 9.53 Å². The third-order valence-electron chi connectivity index (χ3n) is 1.94. The minimum atomic E-state index is -0.193. The summed E-state index contributed by atoms with van der Waals surface area (Å²) in [4.78, 5) is 17.3. The van der Waals surface area contributed by atoms with Crippen LogP contribution in [0.1, 0.15) is 19.4 Å². The molecule has 1 aromatic rings. The van der Waals surface area contributed by atoms with Crippen LogP contribution in [0.5, 0.6) is 0 Å². The Morgan fingerprint density at radius 2 is 2.31 bits per heavy atom. The number of carbonyl (C=O) groups is 1. The fraction of sp³-hybridized carbons (Fsp3) is 0.500. The summed E-state index contributed by atoms with van der Waals surface area (Å²) in [6.45, 7) is 4.69. The fourth-order valence-corrected chi connectivity index (χ4v) is 1.38. The van der Waals surface area contributed by atoms with Gasteiger partial charge < -0.3 is 4.74 Å². The Hall–Kier alpha value is -1.42. The van der Waals surface area contributed by atoms with E-state index in [0.29, 0.717) is 13.1 Å². The molecule has 1 rings (SSSR count). The summed E-state index contributed by atoms with van der Waals surface area (Å²) in [5, 5.41) is 0. The zero-order valence-corrected chi connectivity index (χ0v) is 10.0. The molecule has 0 aliphatic heterocycles. The van der Waals surface area contributed by atoms with Crippen molar-refractivity contribution in [2.24, 2.45) is 0 Å². The van der Waals surface area contributed by atoms with Crippen molar-refractivity contribution in [1.82, 2.24) is 9.88 Å². The molecule has 16 heavy (non-hydrogen) atoms. The van der Waals surface area contributed by atoms with E-state index in [1.165, 1.54) is 0 Å². The number of hydrogen-bond acceptors (Lipinski definition) is 4. The summed E-state index contributed by atoms with van der Waals surface area (Å²) < 4.78 is 5.06. The topological polar surface area (TPSA) is 42.4 Å². The molecule has 0 aliphatic rings. The molecule has 0 amide bonds. The molecule has 0 N–H and O–H groups in total. The Kier molecular flexibility index (Phi) is 4.92. The number of aromatic nitrogens is 1. The van der Waals surface area contributed by atoms with Gasteiger partial charge in [0.25, 0.3) is 0 Å². The van der Waals surface area contributed by atoms with Crippen LogP contribution in [-0.2, 0) is 16.1 Å². The van der Waals surface area contributed by atoms with Crippen molar-refractivity contribution >= 4 is 5.97 Å². The molecule has 0 aromatic carbocycles. The molecular formula is C12H18N2O2. The quantitative estimate of drug-likeness (QED) is 0.707. The van der Waals surface area contributed by atoms with Crippen LogP contribution in [0.3, 0.4) is 0 Å². The number of pyridine rings is 1. The predicted octanol–water partition coefficient (Wildman–Crippen LogP) is 1.47. The van der Waals surface area contributed by atoms with E-state index in [9.17, 15) is 4.79 Å². The van der Waals surface area contributed by atoms with Gasteiger partial charge in [-0.3, -0.25) is 14.7 Å². The first-order valence-electron chi connectivity index (χ1n) is 5.35. The van der Waals surface area contributed by atoms with Crippen LogP contribution >= 0.6 is 0 Å². The van der Waals surface area contributed by atoms with E-state index >= 15 is 0 Å². The third-order valence-corrected chi connectivity index (χ3v) is 1.94. The van der Waals surface area contributed by atoms with Crippen molar-refractivity contribution in [3.05, 3.63) is 30.1 Å². The molecule has 0 saturated carbocycles. The SMILES string of the molecule is CC(C)OC(=O)CN(C)Cc1cccnc1. The Labute approximate surface area is 96.2 Å². The van der Waals surface area contributed by atoms with Gasteiger partial charge in [0.05, 0.1) is 12.6 Å². The van der Waals surface area contributed by atoms with Crippen LogP contribution in [0, 0.1) is 0 Å². The van der Waals surface area contributed by atoms with Gasteiger partial charge in [-0.15, -0.1) is 0 Å². The highest BCUT2D eigenvalue weighted by Crippen LogP contribution is 2.01. The zero-order chi connectivity index (χ0) is 12.0. The first-order valence-corrected chi connectivity index (χ1v) is 5.35. The lowest BCUT2D eigenvalue weighted by Crippen LogP contribution is -2.28. The number of likely N-dealkylation sites (N-methyl/N-ethyl adjacent to an activating group) is 1. The number of carbonyl (C=O) groups excluding carboxylic acids is 1. The molecule has 0 atom stereocenters. The summed E-state index contributed by atoms with van der Waals surface area (Å²) in [5.74, 6) is -0.193. The maximum atomic E-state index is 11.4. The standard InChI is InChI=1S/C12H18N2O2/c1-10(2)16-12(15)9-14(3)8-11-5-4-6-13-7-11/h4-7,10H,8-9H2,1-3H3. The molecule has 0 bridgehead atoms. The summed E-state index contributed by atoms with van der Waals surface area (Å²) in [6.07, 6.45) is 3.47. The van der Waals surface area contributed by atoms with Gasteiger partial charge in [0.2, 0.25) is 0 Å². The van der Waals surface area contributed by atoms with Gasteiger partial charge in [0, 0.05) is 18.9 Å². The Morgan fingerprint density at radius 1 is 1.56 bits per heavy atom. The van der Waals surface area contributed by atoms with Gasteiger partial charge in [-0.05, 0) is 32.5 Å². The van der Waals surface area contributed by atoms with Crippen molar-refractivity contribution in [2.45, 2.75) is 26.5 Å². The summed E-state index contributed by atoms with van der Waals surface area (Å²) >= 11 is 0. The molecule has 4 heteroatoms. The van der Waals surface area contributed by atoms with Crippen LogP contribution < -0.4 is 0 Å². The lowest BCUT2D eigenvalue weighted by atomic mass is 10.3. The van der Waals surface area contributed by atoms with Crippen molar-refractivity contribution in [3.8, 4) is 0 Å². The lowest BCUT2D eigenvalue weighted by Gasteiger charge is -2.16. The van der Waals surface area contributed by atoms with Crippen molar-refractivity contribution in [3.63, 3.8) is 0 Å². The summed E-state index contributed by atoms with van der Waals surface area (Å²) in [5.41, 5.74) is 1.09. The van der Waals surface area contributed by atoms with Gasteiger partial charge in [-0.25, -0.2) is 0 Å². The van der Waals surface area contributed by atoms with Crippen LogP contribution in [-0.4, -0.2) is 35.5 Å². The van der Waals surface area contributed by atoms with Crippen LogP contribution in [0.2, 0.25) is 0 Å². The number of nitrogens with zero attached hydrogens (tertiary/aromatic N) is 2. The minimum Gasteiger partial charge on any atom is -0.462 e. The molecule has 88 valence electrons. The van der Waals surface area contributed by atoms with Crippen molar-refractivity contribution in [1.29, 1.82) is 0 Å². The monoisotopic (exact) mass is 222 g/mol. The van der Waals surface area contributed by atoms with E-state index in [-0.39, 0.29) is 12.1 Å². The second-order valence-corrected chi connectivity index (χ2v) is 4.07. The number of ether oxygens (including phenoxy) is 1. The summed E-state index contributed by atoms with van der Waals surface area (Å²) in [7, 11) is 1.88. The van der Waals surface area contributed by atoms with Gasteiger partial charge in [-0.1, -0.05) is 6.07 Å². The van der Waals surface area contributed by atoms with Crippen LogP contribution in [0.4, 0.5) is 0 Å². The normalized spacial score (nSPS) is 10.8. The second kappa shape index (κ2) is 6.23. The van der Waals surface area contributed by atoms with Crippen LogP contribution in [0.15, 0.2) is 24.5 Å². The van der Waals surface area contributed by atoms with E-state index in [4.69, 9.17) is 4.74 Å². The summed E-state index contributed by atoms with van der Waals surface area (Å²) in [6, 6.07) is 3.87. The second-order valence-electron chi connectivity index (χ2n) is 4.07. The van der Waals surface area contributed by atoms with Gasteiger partial charge in [0.15, 0.2) is 0 Å². The average Bonchev–Trinajstić information content (AvgIpc) is 2.17. The average molecular weight is 222 g/mol. The molecule has 1 heterocycles. The smallest absolute Gasteiger partial charge is 0.320 e. The fourth-order valence-electron chi connectivity index (χ4n) is 1.38. The van der Waals surface area contributed by atoms with Gasteiger partial charge in [0.1, 0.15) is 0 Å². The van der Waals surface area contributed by atoms with E-state index in [1.54, 1.807) is 12.4 Å². The lowest BCUT2D eigenvalue weighted by molar-refractivity contribution is -0.148. The van der Waals surface area contributed by atoms with E-state index < -0.39 is 0 Å². The number of esters is 1. The maximum Gasteiger partial charge on any atom is 0.320 e. The molecule has 0 radical (unpaired) electrons. The highest BCUT2D eigenvalue weighted by atomic mass is 16.5. The van der Waals surface area contributed by atoms with Crippen molar-refractivity contribution in [2.75, 3.05) is 13.6 Å². The van der Waals surface area contributed by atoms with Gasteiger partial charge >= 0.3 is 5.97 Å². The molecule has 0 aliphatic carbocycles. The largest absolute Gasteiger partial charge is 0.462 e. The molecule has 0 saturated heterocycles. The number of hydrogen-bond donors (Lipinski definition) is 0. The third kappa shape index (κ3) is 4.89. The maximum absolute atomic E-state index is 11.4. The van der Waals surface area contributed by atoms with E-state index in [0.717, 1.165) is 5.56 Å². The minimum absolute atomic E-state index is 0.0562. The first-order chi connectivity index (χ1) is 7.58. The highest BCUT2D eigenvalue weighted by Gasteiger charge is 2.09.